The minimum Gasteiger partial charge on any atom is -0.388 e. The minimum absolute atomic E-state index is 0.149. The van der Waals surface area contributed by atoms with Crippen LogP contribution in [0.3, 0.4) is 0 Å². The van der Waals surface area contributed by atoms with Gasteiger partial charge in [0.05, 0.1) is 17.5 Å². The van der Waals surface area contributed by atoms with E-state index >= 15 is 0 Å². The summed E-state index contributed by atoms with van der Waals surface area (Å²) >= 11 is 0. The van der Waals surface area contributed by atoms with Crippen molar-refractivity contribution in [2.75, 3.05) is 16.6 Å². The molecule has 0 saturated carbocycles. The van der Waals surface area contributed by atoms with Gasteiger partial charge in [-0.3, -0.25) is 4.31 Å². The monoisotopic (exact) mass is 269 g/mol. The molecule has 1 heterocycles. The molecule has 1 aromatic rings. The van der Waals surface area contributed by atoms with Gasteiger partial charge in [0.1, 0.15) is 0 Å². The number of aliphatic hydroxyl groups excluding tert-OH is 1. The van der Waals surface area contributed by atoms with Crippen molar-refractivity contribution < 1.29 is 13.5 Å². The smallest absolute Gasteiger partial charge is 0.235 e. The molecule has 4 nitrogen and oxygen atoms in total. The maximum absolute atomic E-state index is 12.2. The molecule has 1 aliphatic heterocycles. The van der Waals surface area contributed by atoms with E-state index in [9.17, 15) is 13.5 Å². The van der Waals surface area contributed by atoms with E-state index in [-0.39, 0.29) is 5.75 Å². The van der Waals surface area contributed by atoms with Crippen molar-refractivity contribution in [1.29, 1.82) is 0 Å². The van der Waals surface area contributed by atoms with Crippen LogP contribution in [0, 0.1) is 6.92 Å². The van der Waals surface area contributed by atoms with Crippen molar-refractivity contribution in [3.63, 3.8) is 0 Å². The minimum atomic E-state index is -3.26. The molecule has 0 saturated heterocycles. The highest BCUT2D eigenvalue weighted by molar-refractivity contribution is 7.92. The molecule has 5 heteroatoms. The lowest BCUT2D eigenvalue weighted by molar-refractivity contribution is 0.166. The van der Waals surface area contributed by atoms with Crippen molar-refractivity contribution >= 4 is 15.7 Å². The first-order valence-corrected chi connectivity index (χ1v) is 7.85. The summed E-state index contributed by atoms with van der Waals surface area (Å²) < 4.78 is 25.8. The number of rotatable bonds is 3. The zero-order valence-corrected chi connectivity index (χ0v) is 11.6. The Bertz CT molecular complexity index is 539. The average molecular weight is 269 g/mol. The van der Waals surface area contributed by atoms with E-state index in [1.165, 1.54) is 4.31 Å². The maximum Gasteiger partial charge on any atom is 0.235 e. The fourth-order valence-electron chi connectivity index (χ4n) is 2.34. The predicted octanol–water partition coefficient (Wildman–Crippen LogP) is 1.98. The standard InChI is InChI=1S/C13H19NO3S/c1-3-8-18(16,17)14-7-6-13(15)11-9-10(2)4-5-12(11)14/h4-5,9,13,15H,3,6-8H2,1-2H3. The van der Waals surface area contributed by atoms with E-state index in [0.29, 0.717) is 25.1 Å². The van der Waals surface area contributed by atoms with Crippen LogP contribution in [-0.4, -0.2) is 25.8 Å². The summed E-state index contributed by atoms with van der Waals surface area (Å²) in [6.45, 7) is 4.15. The molecule has 100 valence electrons. The molecular weight excluding hydrogens is 250 g/mol. The van der Waals surface area contributed by atoms with Crippen molar-refractivity contribution in [3.8, 4) is 0 Å². The first-order chi connectivity index (χ1) is 8.45. The van der Waals surface area contributed by atoms with Crippen molar-refractivity contribution in [1.82, 2.24) is 0 Å². The van der Waals surface area contributed by atoms with Gasteiger partial charge in [-0.05, 0) is 25.8 Å². The molecule has 0 spiro atoms. The van der Waals surface area contributed by atoms with E-state index in [2.05, 4.69) is 0 Å². The molecule has 1 aromatic carbocycles. The summed E-state index contributed by atoms with van der Waals surface area (Å²) in [7, 11) is -3.26. The average Bonchev–Trinajstić information content (AvgIpc) is 2.30. The van der Waals surface area contributed by atoms with Gasteiger partial charge >= 0.3 is 0 Å². The van der Waals surface area contributed by atoms with E-state index in [1.807, 2.05) is 26.0 Å². The Morgan fingerprint density at radius 3 is 2.83 bits per heavy atom. The molecule has 0 fully saturated rings. The number of hydrogen-bond donors (Lipinski definition) is 1. The number of aryl methyl sites for hydroxylation is 1. The van der Waals surface area contributed by atoms with Crippen LogP contribution in [0.1, 0.15) is 37.0 Å². The number of nitrogens with zero attached hydrogens (tertiary/aromatic N) is 1. The van der Waals surface area contributed by atoms with Crippen LogP contribution in [0.25, 0.3) is 0 Å². The van der Waals surface area contributed by atoms with Gasteiger partial charge in [-0.25, -0.2) is 8.42 Å². The van der Waals surface area contributed by atoms with E-state index < -0.39 is 16.1 Å². The van der Waals surface area contributed by atoms with Crippen LogP contribution in [0.5, 0.6) is 0 Å². The number of hydrogen-bond acceptors (Lipinski definition) is 3. The van der Waals surface area contributed by atoms with Gasteiger partial charge in [0.25, 0.3) is 0 Å². The summed E-state index contributed by atoms with van der Waals surface area (Å²) in [5, 5.41) is 9.98. The molecule has 0 aliphatic carbocycles. The molecule has 2 rings (SSSR count). The second-order valence-corrected chi connectivity index (χ2v) is 6.77. The predicted molar refractivity (Wildman–Crippen MR) is 72.2 cm³/mol. The topological polar surface area (TPSA) is 57.6 Å². The third kappa shape index (κ3) is 2.37. The van der Waals surface area contributed by atoms with Gasteiger partial charge in [-0.2, -0.15) is 0 Å². The summed E-state index contributed by atoms with van der Waals surface area (Å²) in [6.07, 6.45) is 0.495. The summed E-state index contributed by atoms with van der Waals surface area (Å²) in [5.74, 6) is 0.149. The lowest BCUT2D eigenvalue weighted by atomic mass is 9.99. The van der Waals surface area contributed by atoms with Crippen LogP contribution in [0.4, 0.5) is 5.69 Å². The number of fused-ring (bicyclic) bond motifs is 1. The quantitative estimate of drug-likeness (QED) is 0.912. The molecule has 0 bridgehead atoms. The van der Waals surface area contributed by atoms with Gasteiger partial charge in [0.15, 0.2) is 0 Å². The zero-order valence-electron chi connectivity index (χ0n) is 10.8. The Balaban J connectivity index is 2.47. The lowest BCUT2D eigenvalue weighted by Gasteiger charge is -2.33. The molecule has 1 N–H and O–H groups in total. The fraction of sp³-hybridized carbons (Fsp3) is 0.538. The van der Waals surface area contributed by atoms with Crippen LogP contribution in [-0.2, 0) is 10.0 Å². The molecule has 0 amide bonds. The van der Waals surface area contributed by atoms with Crippen LogP contribution in [0.2, 0.25) is 0 Å². The van der Waals surface area contributed by atoms with Gasteiger partial charge in [-0.15, -0.1) is 0 Å². The molecule has 1 unspecified atom stereocenters. The highest BCUT2D eigenvalue weighted by Crippen LogP contribution is 2.36. The summed E-state index contributed by atoms with van der Waals surface area (Å²) in [5.41, 5.74) is 2.39. The van der Waals surface area contributed by atoms with Crippen molar-refractivity contribution in [3.05, 3.63) is 29.3 Å². The third-order valence-corrected chi connectivity index (χ3v) is 5.19. The van der Waals surface area contributed by atoms with E-state index in [4.69, 9.17) is 0 Å². The van der Waals surface area contributed by atoms with E-state index in [0.717, 1.165) is 11.1 Å². The molecular formula is C13H19NO3S. The molecule has 0 radical (unpaired) electrons. The highest BCUT2D eigenvalue weighted by atomic mass is 32.2. The van der Waals surface area contributed by atoms with Crippen LogP contribution in [0.15, 0.2) is 18.2 Å². The van der Waals surface area contributed by atoms with Gasteiger partial charge in [0, 0.05) is 12.1 Å². The Hall–Kier alpha value is -1.07. The van der Waals surface area contributed by atoms with Gasteiger partial charge in [-0.1, -0.05) is 24.6 Å². The Morgan fingerprint density at radius 1 is 1.44 bits per heavy atom. The maximum atomic E-state index is 12.2. The Labute approximate surface area is 108 Å². The second kappa shape index (κ2) is 4.90. The second-order valence-electron chi connectivity index (χ2n) is 4.75. The fourth-order valence-corrected chi connectivity index (χ4v) is 3.93. The zero-order chi connectivity index (χ0) is 13.3. The molecule has 1 atom stereocenters. The summed E-state index contributed by atoms with van der Waals surface area (Å²) in [4.78, 5) is 0. The van der Waals surface area contributed by atoms with E-state index in [1.54, 1.807) is 6.07 Å². The molecule has 0 aromatic heterocycles. The normalized spacial score (nSPS) is 19.7. The first kappa shape index (κ1) is 13.4. The molecule has 1 aliphatic rings. The number of benzene rings is 1. The highest BCUT2D eigenvalue weighted by Gasteiger charge is 2.30. The van der Waals surface area contributed by atoms with Crippen molar-refractivity contribution in [2.45, 2.75) is 32.8 Å². The molecule has 18 heavy (non-hydrogen) atoms. The number of anilines is 1. The van der Waals surface area contributed by atoms with Crippen LogP contribution >= 0.6 is 0 Å². The lowest BCUT2D eigenvalue weighted by Crippen LogP contribution is -2.38. The Morgan fingerprint density at radius 2 is 2.17 bits per heavy atom. The third-order valence-electron chi connectivity index (χ3n) is 3.21. The number of aliphatic hydroxyl groups is 1. The van der Waals surface area contributed by atoms with Crippen LogP contribution < -0.4 is 4.31 Å². The van der Waals surface area contributed by atoms with Gasteiger partial charge in [0.2, 0.25) is 10.0 Å². The van der Waals surface area contributed by atoms with Gasteiger partial charge < -0.3 is 5.11 Å². The number of sulfonamides is 1. The Kier molecular flexibility index (Phi) is 3.64. The first-order valence-electron chi connectivity index (χ1n) is 6.24. The largest absolute Gasteiger partial charge is 0.388 e. The summed E-state index contributed by atoms with van der Waals surface area (Å²) in [6, 6.07) is 5.54. The SMILES string of the molecule is CCCS(=O)(=O)N1CCC(O)c2cc(C)ccc21. The van der Waals surface area contributed by atoms with Crippen molar-refractivity contribution in [2.24, 2.45) is 0 Å².